The van der Waals surface area contributed by atoms with Gasteiger partial charge in [-0.3, -0.25) is 0 Å². The lowest BCUT2D eigenvalue weighted by Crippen LogP contribution is -2.30. The number of hydrogen-bond acceptors (Lipinski definition) is 5. The lowest BCUT2D eigenvalue weighted by Gasteiger charge is -2.17. The third-order valence-corrected chi connectivity index (χ3v) is 3.37. The molecule has 2 N–H and O–H groups in total. The van der Waals surface area contributed by atoms with Crippen molar-refractivity contribution in [2.24, 2.45) is 5.73 Å². The Morgan fingerprint density at radius 1 is 1.38 bits per heavy atom. The first kappa shape index (κ1) is 10.2. The molecule has 0 aromatic carbocycles. The van der Waals surface area contributed by atoms with Gasteiger partial charge in [0.05, 0.1) is 6.04 Å². The molecule has 5 heteroatoms. The first-order valence-corrected chi connectivity index (χ1v) is 6.14. The lowest BCUT2D eigenvalue weighted by atomic mass is 10.3. The van der Waals surface area contributed by atoms with Crippen LogP contribution in [0.1, 0.15) is 49.4 Å². The maximum Gasteiger partial charge on any atom is 0.229 e. The van der Waals surface area contributed by atoms with Crippen LogP contribution in [0.5, 0.6) is 0 Å². The third kappa shape index (κ3) is 2.10. The van der Waals surface area contributed by atoms with Crippen molar-refractivity contribution in [1.82, 2.24) is 15.0 Å². The van der Waals surface area contributed by atoms with E-state index in [9.17, 15) is 0 Å². The molecular weight excluding hydrogens is 204 g/mol. The molecule has 5 nitrogen and oxygen atoms in total. The van der Waals surface area contributed by atoms with Crippen molar-refractivity contribution in [2.45, 2.75) is 37.6 Å². The van der Waals surface area contributed by atoms with Crippen LogP contribution < -0.4 is 5.73 Å². The number of likely N-dealkylation sites (tertiary alicyclic amines) is 1. The Morgan fingerprint density at radius 3 is 2.81 bits per heavy atom. The molecule has 0 spiro atoms. The SMILES string of the molecule is NC(CN1CCCC1)c1noc(C2CC2)n1. The minimum atomic E-state index is -0.102. The van der Waals surface area contributed by atoms with Crippen molar-refractivity contribution >= 4 is 0 Å². The second kappa shape index (κ2) is 4.14. The van der Waals surface area contributed by atoms with Gasteiger partial charge in [0.15, 0.2) is 5.82 Å². The van der Waals surface area contributed by atoms with Gasteiger partial charge in [0, 0.05) is 12.5 Å². The smallest absolute Gasteiger partial charge is 0.229 e. The summed E-state index contributed by atoms with van der Waals surface area (Å²) in [6.07, 6.45) is 4.94. The van der Waals surface area contributed by atoms with Crippen molar-refractivity contribution in [3.8, 4) is 0 Å². The predicted molar refractivity (Wildman–Crippen MR) is 58.9 cm³/mol. The van der Waals surface area contributed by atoms with Crippen LogP contribution >= 0.6 is 0 Å². The molecule has 88 valence electrons. The highest BCUT2D eigenvalue weighted by Gasteiger charge is 2.30. The Labute approximate surface area is 95.0 Å². The molecule has 2 heterocycles. The lowest BCUT2D eigenvalue weighted by molar-refractivity contribution is 0.305. The molecule has 0 amide bonds. The Kier molecular flexibility index (Phi) is 2.65. The highest BCUT2D eigenvalue weighted by atomic mass is 16.5. The van der Waals surface area contributed by atoms with E-state index in [-0.39, 0.29) is 6.04 Å². The highest BCUT2D eigenvalue weighted by Crippen LogP contribution is 2.39. The first-order chi connectivity index (χ1) is 7.83. The summed E-state index contributed by atoms with van der Waals surface area (Å²) >= 11 is 0. The van der Waals surface area contributed by atoms with Crippen LogP contribution in [0.15, 0.2) is 4.52 Å². The second-order valence-corrected chi connectivity index (χ2v) is 4.88. The number of nitrogens with zero attached hydrogens (tertiary/aromatic N) is 3. The van der Waals surface area contributed by atoms with Gasteiger partial charge in [-0.25, -0.2) is 0 Å². The first-order valence-electron chi connectivity index (χ1n) is 6.14. The number of aromatic nitrogens is 2. The van der Waals surface area contributed by atoms with Crippen molar-refractivity contribution in [1.29, 1.82) is 0 Å². The molecule has 1 aliphatic heterocycles. The molecule has 2 aliphatic rings. The topological polar surface area (TPSA) is 68.2 Å². The molecule has 1 aromatic rings. The zero-order valence-corrected chi connectivity index (χ0v) is 9.43. The summed E-state index contributed by atoms with van der Waals surface area (Å²) in [7, 11) is 0. The van der Waals surface area contributed by atoms with E-state index in [4.69, 9.17) is 10.3 Å². The van der Waals surface area contributed by atoms with E-state index in [1.54, 1.807) is 0 Å². The Bertz CT molecular complexity index is 355. The van der Waals surface area contributed by atoms with Gasteiger partial charge in [-0.15, -0.1) is 0 Å². The summed E-state index contributed by atoms with van der Waals surface area (Å²) in [4.78, 5) is 6.76. The maximum atomic E-state index is 6.08. The number of rotatable bonds is 4. The zero-order chi connectivity index (χ0) is 11.0. The normalized spacial score (nSPS) is 23.8. The van der Waals surface area contributed by atoms with E-state index in [1.807, 2.05) is 0 Å². The van der Waals surface area contributed by atoms with Crippen LogP contribution in [0.4, 0.5) is 0 Å². The molecule has 1 atom stereocenters. The Morgan fingerprint density at radius 2 is 2.12 bits per heavy atom. The highest BCUT2D eigenvalue weighted by molar-refractivity contribution is 5.04. The van der Waals surface area contributed by atoms with Gasteiger partial charge >= 0.3 is 0 Å². The van der Waals surface area contributed by atoms with Gasteiger partial charge in [0.25, 0.3) is 0 Å². The van der Waals surface area contributed by atoms with E-state index >= 15 is 0 Å². The van der Waals surface area contributed by atoms with Crippen LogP contribution in [0.2, 0.25) is 0 Å². The van der Waals surface area contributed by atoms with Gasteiger partial charge in [-0.05, 0) is 38.8 Å². The largest absolute Gasteiger partial charge is 0.339 e. The summed E-state index contributed by atoms with van der Waals surface area (Å²) in [5.41, 5.74) is 6.08. The van der Waals surface area contributed by atoms with Crippen molar-refractivity contribution in [2.75, 3.05) is 19.6 Å². The summed E-state index contributed by atoms with van der Waals surface area (Å²) in [6, 6.07) is -0.102. The van der Waals surface area contributed by atoms with E-state index < -0.39 is 0 Å². The fourth-order valence-electron chi connectivity index (χ4n) is 2.22. The molecule has 0 bridgehead atoms. The molecule has 16 heavy (non-hydrogen) atoms. The average Bonchev–Trinajstić information content (AvgIpc) is 2.82. The summed E-state index contributed by atoms with van der Waals surface area (Å²) in [6.45, 7) is 3.16. The van der Waals surface area contributed by atoms with Crippen molar-refractivity contribution in [3.63, 3.8) is 0 Å². The van der Waals surface area contributed by atoms with Gasteiger partial charge in [0.2, 0.25) is 5.89 Å². The summed E-state index contributed by atoms with van der Waals surface area (Å²) in [5.74, 6) is 1.97. The minimum Gasteiger partial charge on any atom is -0.339 e. The monoisotopic (exact) mass is 222 g/mol. The molecule has 1 unspecified atom stereocenters. The van der Waals surface area contributed by atoms with Gasteiger partial charge in [-0.1, -0.05) is 5.16 Å². The molecule has 1 aromatic heterocycles. The number of hydrogen-bond donors (Lipinski definition) is 1. The molecule has 3 rings (SSSR count). The summed E-state index contributed by atoms with van der Waals surface area (Å²) < 4.78 is 5.21. The van der Waals surface area contributed by atoms with E-state index in [0.717, 1.165) is 25.5 Å². The average molecular weight is 222 g/mol. The standard InChI is InChI=1S/C11H18N4O/c12-9(7-15-5-1-2-6-15)10-13-11(16-14-10)8-3-4-8/h8-9H,1-7,12H2. The second-order valence-electron chi connectivity index (χ2n) is 4.88. The van der Waals surface area contributed by atoms with Crippen LogP contribution in [0.25, 0.3) is 0 Å². The molecule has 0 radical (unpaired) electrons. The van der Waals surface area contributed by atoms with Crippen LogP contribution in [-0.2, 0) is 0 Å². The molecule has 1 saturated carbocycles. The maximum absolute atomic E-state index is 6.08. The molecular formula is C11H18N4O. The van der Waals surface area contributed by atoms with Gasteiger partial charge in [-0.2, -0.15) is 4.98 Å². The van der Waals surface area contributed by atoms with Crippen LogP contribution in [0, 0.1) is 0 Å². The quantitative estimate of drug-likeness (QED) is 0.824. The van der Waals surface area contributed by atoms with E-state index in [2.05, 4.69) is 15.0 Å². The van der Waals surface area contributed by atoms with Crippen LogP contribution in [-0.4, -0.2) is 34.7 Å². The third-order valence-electron chi connectivity index (χ3n) is 3.37. The van der Waals surface area contributed by atoms with Gasteiger partial charge in [0.1, 0.15) is 0 Å². The van der Waals surface area contributed by atoms with E-state index in [1.165, 1.54) is 25.7 Å². The predicted octanol–water partition coefficient (Wildman–Crippen LogP) is 1.04. The molecule has 2 fully saturated rings. The van der Waals surface area contributed by atoms with Crippen LogP contribution in [0.3, 0.4) is 0 Å². The fourth-order valence-corrected chi connectivity index (χ4v) is 2.22. The van der Waals surface area contributed by atoms with E-state index in [0.29, 0.717) is 11.7 Å². The number of nitrogens with two attached hydrogens (primary N) is 1. The minimum absolute atomic E-state index is 0.102. The Hall–Kier alpha value is -0.940. The van der Waals surface area contributed by atoms with Gasteiger partial charge < -0.3 is 15.2 Å². The molecule has 1 saturated heterocycles. The zero-order valence-electron chi connectivity index (χ0n) is 9.43. The molecule has 1 aliphatic carbocycles. The van der Waals surface area contributed by atoms with Crippen molar-refractivity contribution < 1.29 is 4.52 Å². The van der Waals surface area contributed by atoms with Crippen molar-refractivity contribution in [3.05, 3.63) is 11.7 Å². The fraction of sp³-hybridized carbons (Fsp3) is 0.818. The summed E-state index contributed by atoms with van der Waals surface area (Å²) in [5, 5.41) is 3.98. The Balaban J connectivity index is 1.61.